The number of carbonyl (C=O) groups is 1. The Balaban J connectivity index is 1.85. The SMILES string of the molecule is COc1cc2sc(C(=O)Nc3nnn[nH]3)c(Sc3ccc(C)cc3C)c2cc1OC. The third kappa shape index (κ3) is 3.83. The van der Waals surface area contributed by atoms with Crippen LogP contribution in [0, 0.1) is 13.8 Å². The predicted molar refractivity (Wildman–Crippen MR) is 117 cm³/mol. The zero-order valence-corrected chi connectivity index (χ0v) is 18.4. The number of amides is 1. The molecule has 0 aliphatic heterocycles. The average molecular weight is 442 g/mol. The molecule has 154 valence electrons. The molecule has 2 heterocycles. The number of aryl methyl sites for hydroxylation is 2. The van der Waals surface area contributed by atoms with Crippen LogP contribution >= 0.6 is 23.1 Å². The molecule has 0 spiro atoms. The minimum absolute atomic E-state index is 0.190. The van der Waals surface area contributed by atoms with Gasteiger partial charge in [-0.1, -0.05) is 34.6 Å². The zero-order valence-electron chi connectivity index (χ0n) is 16.8. The van der Waals surface area contributed by atoms with Gasteiger partial charge in [-0.15, -0.1) is 11.3 Å². The van der Waals surface area contributed by atoms with Gasteiger partial charge in [-0.25, -0.2) is 5.10 Å². The summed E-state index contributed by atoms with van der Waals surface area (Å²) in [6.07, 6.45) is 0. The number of fused-ring (bicyclic) bond motifs is 1. The van der Waals surface area contributed by atoms with Crippen LogP contribution in [0.3, 0.4) is 0 Å². The van der Waals surface area contributed by atoms with Gasteiger partial charge in [-0.2, -0.15) is 0 Å². The Morgan fingerprint density at radius 3 is 2.57 bits per heavy atom. The fraction of sp³-hybridized carbons (Fsp3) is 0.200. The number of thiophene rings is 1. The van der Waals surface area contributed by atoms with E-state index in [0.717, 1.165) is 25.4 Å². The first-order valence-corrected chi connectivity index (χ1v) is 10.6. The maximum Gasteiger partial charge on any atom is 0.269 e. The first kappa shape index (κ1) is 20.2. The van der Waals surface area contributed by atoms with Crippen molar-refractivity contribution in [3.63, 3.8) is 0 Å². The van der Waals surface area contributed by atoms with Crippen LogP contribution in [0.4, 0.5) is 5.95 Å². The van der Waals surface area contributed by atoms with Gasteiger partial charge in [0.05, 0.1) is 14.2 Å². The first-order valence-electron chi connectivity index (χ1n) is 8.99. The molecule has 4 rings (SSSR count). The summed E-state index contributed by atoms with van der Waals surface area (Å²) in [5, 5.41) is 16.9. The van der Waals surface area contributed by atoms with Crippen LogP contribution in [0.25, 0.3) is 10.1 Å². The molecule has 2 aromatic heterocycles. The molecule has 0 bridgehead atoms. The van der Waals surface area contributed by atoms with E-state index in [1.165, 1.54) is 16.9 Å². The minimum Gasteiger partial charge on any atom is -0.493 e. The number of aromatic nitrogens is 4. The quantitative estimate of drug-likeness (QED) is 0.456. The maximum atomic E-state index is 13.0. The normalized spacial score (nSPS) is 10.9. The number of benzene rings is 2. The number of rotatable bonds is 6. The number of hydrogen-bond donors (Lipinski definition) is 2. The van der Waals surface area contributed by atoms with Gasteiger partial charge in [0.15, 0.2) is 11.5 Å². The molecule has 4 aromatic rings. The molecule has 1 amide bonds. The van der Waals surface area contributed by atoms with Gasteiger partial charge < -0.3 is 9.47 Å². The topological polar surface area (TPSA) is 102 Å². The highest BCUT2D eigenvalue weighted by Gasteiger charge is 2.23. The third-order valence-electron chi connectivity index (χ3n) is 4.47. The summed E-state index contributed by atoms with van der Waals surface area (Å²) in [5.41, 5.74) is 2.33. The lowest BCUT2D eigenvalue weighted by Gasteiger charge is -2.10. The Kier molecular flexibility index (Phi) is 5.60. The summed E-state index contributed by atoms with van der Waals surface area (Å²) < 4.78 is 11.8. The summed E-state index contributed by atoms with van der Waals surface area (Å²) in [5.74, 6) is 1.12. The smallest absolute Gasteiger partial charge is 0.269 e. The Morgan fingerprint density at radius 2 is 1.90 bits per heavy atom. The van der Waals surface area contributed by atoms with E-state index in [4.69, 9.17) is 9.47 Å². The molecule has 10 heteroatoms. The van der Waals surface area contributed by atoms with Crippen molar-refractivity contribution in [3.05, 3.63) is 46.3 Å². The van der Waals surface area contributed by atoms with Crippen molar-refractivity contribution in [2.75, 3.05) is 19.5 Å². The summed E-state index contributed by atoms with van der Waals surface area (Å²) in [7, 11) is 3.19. The van der Waals surface area contributed by atoms with E-state index >= 15 is 0 Å². The fourth-order valence-electron chi connectivity index (χ4n) is 3.05. The van der Waals surface area contributed by atoms with Crippen LogP contribution in [0.1, 0.15) is 20.8 Å². The number of nitrogens with one attached hydrogen (secondary N) is 2. The molecule has 0 aliphatic carbocycles. The monoisotopic (exact) mass is 441 g/mol. The van der Waals surface area contributed by atoms with E-state index in [1.807, 2.05) is 12.1 Å². The van der Waals surface area contributed by atoms with E-state index < -0.39 is 0 Å². The van der Waals surface area contributed by atoms with Gasteiger partial charge in [-0.05, 0) is 42.0 Å². The van der Waals surface area contributed by atoms with Crippen LogP contribution in [-0.4, -0.2) is 40.8 Å². The second kappa shape index (κ2) is 8.33. The fourth-order valence-corrected chi connectivity index (χ4v) is 5.41. The molecular formula is C20H19N5O3S2. The number of tetrazole rings is 1. The number of hydrogen-bond acceptors (Lipinski definition) is 8. The summed E-state index contributed by atoms with van der Waals surface area (Å²) in [4.78, 5) is 15.5. The highest BCUT2D eigenvalue weighted by atomic mass is 32.2. The lowest BCUT2D eigenvalue weighted by molar-refractivity contribution is 0.102. The summed E-state index contributed by atoms with van der Waals surface area (Å²) in [6.45, 7) is 4.12. The van der Waals surface area contributed by atoms with Crippen LogP contribution in [0.15, 0.2) is 40.1 Å². The molecule has 2 N–H and O–H groups in total. The van der Waals surface area contributed by atoms with Crippen LogP contribution in [0.2, 0.25) is 0 Å². The maximum absolute atomic E-state index is 13.0. The van der Waals surface area contributed by atoms with Crippen molar-refractivity contribution < 1.29 is 14.3 Å². The third-order valence-corrected chi connectivity index (χ3v) is 7.06. The van der Waals surface area contributed by atoms with E-state index in [0.29, 0.717) is 16.4 Å². The van der Waals surface area contributed by atoms with Crippen molar-refractivity contribution in [1.29, 1.82) is 0 Å². The molecule has 8 nitrogen and oxygen atoms in total. The lowest BCUT2D eigenvalue weighted by Crippen LogP contribution is -2.12. The Bertz CT molecular complexity index is 1220. The van der Waals surface area contributed by atoms with Gasteiger partial charge in [0.1, 0.15) is 4.88 Å². The van der Waals surface area contributed by atoms with E-state index in [1.54, 1.807) is 26.0 Å². The largest absolute Gasteiger partial charge is 0.493 e. The van der Waals surface area contributed by atoms with Gasteiger partial charge in [0.25, 0.3) is 5.91 Å². The molecule has 0 fully saturated rings. The number of nitrogens with zero attached hydrogens (tertiary/aromatic N) is 3. The Morgan fingerprint density at radius 1 is 1.13 bits per heavy atom. The first-order chi connectivity index (χ1) is 14.5. The molecular weight excluding hydrogens is 422 g/mol. The van der Waals surface area contributed by atoms with Crippen LogP contribution in [-0.2, 0) is 0 Å². The number of ether oxygens (including phenoxy) is 2. The second-order valence-corrected chi connectivity index (χ2v) is 8.64. The van der Waals surface area contributed by atoms with Crippen molar-refractivity contribution >= 4 is 45.0 Å². The molecule has 0 saturated carbocycles. The average Bonchev–Trinajstić information content (AvgIpc) is 3.36. The van der Waals surface area contributed by atoms with Crippen molar-refractivity contribution in [2.45, 2.75) is 23.6 Å². The Labute approximate surface area is 181 Å². The number of carbonyl (C=O) groups excluding carboxylic acids is 1. The zero-order chi connectivity index (χ0) is 21.3. The van der Waals surface area contributed by atoms with Crippen molar-refractivity contribution in [3.8, 4) is 11.5 Å². The molecule has 30 heavy (non-hydrogen) atoms. The van der Waals surface area contributed by atoms with Crippen LogP contribution in [0.5, 0.6) is 11.5 Å². The molecule has 0 saturated heterocycles. The number of anilines is 1. The number of H-pyrrole nitrogens is 1. The molecule has 0 radical (unpaired) electrons. The standard InChI is InChI=1S/C20H19N5O3S2/c1-10-5-6-15(11(2)7-10)29-17-12-8-13(27-3)14(28-4)9-16(12)30-18(17)19(26)21-20-22-24-25-23-20/h5-9H,1-4H3,(H2,21,22,23,24,25,26). The molecule has 0 aliphatic rings. The van der Waals surface area contributed by atoms with Crippen LogP contribution < -0.4 is 14.8 Å². The molecule has 0 unspecified atom stereocenters. The Hall–Kier alpha value is -3.11. The van der Waals surface area contributed by atoms with Gasteiger partial charge >= 0.3 is 0 Å². The number of methoxy groups -OCH3 is 2. The second-order valence-electron chi connectivity index (χ2n) is 6.54. The highest BCUT2D eigenvalue weighted by Crippen LogP contribution is 2.46. The van der Waals surface area contributed by atoms with E-state index in [-0.39, 0.29) is 11.9 Å². The van der Waals surface area contributed by atoms with Gasteiger partial charge in [0.2, 0.25) is 5.95 Å². The molecule has 0 atom stereocenters. The predicted octanol–water partition coefficient (Wildman–Crippen LogP) is 4.45. The van der Waals surface area contributed by atoms with Crippen molar-refractivity contribution in [1.82, 2.24) is 20.6 Å². The van der Waals surface area contributed by atoms with Crippen molar-refractivity contribution in [2.24, 2.45) is 0 Å². The van der Waals surface area contributed by atoms with Gasteiger partial charge in [-0.3, -0.25) is 10.1 Å². The minimum atomic E-state index is -0.292. The van der Waals surface area contributed by atoms with E-state index in [9.17, 15) is 4.79 Å². The highest BCUT2D eigenvalue weighted by molar-refractivity contribution is 8.00. The van der Waals surface area contributed by atoms with E-state index in [2.05, 4.69) is 58.0 Å². The summed E-state index contributed by atoms with van der Waals surface area (Å²) in [6, 6.07) is 10.1. The van der Waals surface area contributed by atoms with Gasteiger partial charge in [0, 0.05) is 25.9 Å². The molecule has 2 aromatic carbocycles. The lowest BCUT2D eigenvalue weighted by atomic mass is 10.2. The number of aromatic amines is 1. The summed E-state index contributed by atoms with van der Waals surface area (Å²) >= 11 is 2.93.